The fourth-order valence-corrected chi connectivity index (χ4v) is 1.55. The van der Waals surface area contributed by atoms with Crippen molar-refractivity contribution >= 4 is 12.0 Å². The van der Waals surface area contributed by atoms with E-state index in [1.54, 1.807) is 32.4 Å². The van der Waals surface area contributed by atoms with Crippen LogP contribution in [0.1, 0.15) is 12.5 Å². The Morgan fingerprint density at radius 3 is 2.67 bits per heavy atom. The molecule has 1 N–H and O–H groups in total. The van der Waals surface area contributed by atoms with E-state index in [0.717, 1.165) is 5.56 Å². The van der Waals surface area contributed by atoms with Gasteiger partial charge in [-0.2, -0.15) is 0 Å². The van der Waals surface area contributed by atoms with Gasteiger partial charge in [0.25, 0.3) is 0 Å². The number of urea groups is 1. The molecule has 0 aliphatic carbocycles. The summed E-state index contributed by atoms with van der Waals surface area (Å²) in [7, 11) is 1.64. The monoisotopic (exact) mass is 251 g/mol. The second-order valence-corrected chi connectivity index (χ2v) is 3.91. The number of nitrogens with zero attached hydrogens (tertiary/aromatic N) is 3. The molecule has 0 aromatic carbocycles. The van der Waals surface area contributed by atoms with Gasteiger partial charge in [-0.1, -0.05) is 6.07 Å². The van der Waals surface area contributed by atoms with E-state index in [0.29, 0.717) is 13.1 Å². The molecule has 0 fully saturated rings. The Hall–Kier alpha value is -2.11. The van der Waals surface area contributed by atoms with Crippen LogP contribution in [0.25, 0.3) is 0 Å². The summed E-state index contributed by atoms with van der Waals surface area (Å²) in [6.07, 6.45) is 3.34. The van der Waals surface area contributed by atoms with E-state index in [1.807, 2.05) is 6.07 Å². The number of aromatic nitrogens is 1. The molecule has 1 rings (SSSR count). The molecule has 0 bridgehead atoms. The van der Waals surface area contributed by atoms with Gasteiger partial charge >= 0.3 is 12.0 Å². The first kappa shape index (κ1) is 14.0. The molecular formula is C12H17N3O3. The molecule has 0 saturated carbocycles. The van der Waals surface area contributed by atoms with Gasteiger partial charge in [0, 0.05) is 32.5 Å². The number of rotatable bonds is 5. The average molecular weight is 251 g/mol. The van der Waals surface area contributed by atoms with Crippen molar-refractivity contribution in [3.05, 3.63) is 30.1 Å². The fraction of sp³-hybridized carbons (Fsp3) is 0.417. The molecule has 1 heterocycles. The average Bonchev–Trinajstić information content (AvgIpc) is 2.36. The molecule has 98 valence electrons. The Kier molecular flexibility index (Phi) is 5.10. The standard InChI is InChI=1S/C12H17N3O3/c1-3-15(9-11(16)17)12(18)14(2)8-10-5-4-6-13-7-10/h4-7H,3,8-9H2,1-2H3,(H,16,17). The highest BCUT2D eigenvalue weighted by Gasteiger charge is 2.18. The number of carboxylic acid groups (broad SMARTS) is 1. The van der Waals surface area contributed by atoms with E-state index in [4.69, 9.17) is 5.11 Å². The molecule has 0 aliphatic heterocycles. The number of aliphatic carboxylic acids is 1. The first-order chi connectivity index (χ1) is 8.54. The van der Waals surface area contributed by atoms with Crippen LogP contribution in [0.2, 0.25) is 0 Å². The van der Waals surface area contributed by atoms with Gasteiger partial charge in [-0.3, -0.25) is 9.78 Å². The van der Waals surface area contributed by atoms with Gasteiger partial charge in [-0.25, -0.2) is 4.79 Å². The molecule has 6 nitrogen and oxygen atoms in total. The quantitative estimate of drug-likeness (QED) is 0.848. The Labute approximate surface area is 106 Å². The lowest BCUT2D eigenvalue weighted by Gasteiger charge is -2.25. The number of pyridine rings is 1. The maximum absolute atomic E-state index is 12.0. The van der Waals surface area contributed by atoms with E-state index < -0.39 is 5.97 Å². The largest absolute Gasteiger partial charge is 0.480 e. The molecular weight excluding hydrogens is 234 g/mol. The van der Waals surface area contributed by atoms with Gasteiger partial charge in [0.2, 0.25) is 0 Å². The van der Waals surface area contributed by atoms with Crippen molar-refractivity contribution < 1.29 is 14.7 Å². The van der Waals surface area contributed by atoms with Crippen LogP contribution in [0, 0.1) is 0 Å². The molecule has 6 heteroatoms. The number of hydrogen-bond donors (Lipinski definition) is 1. The van der Waals surface area contributed by atoms with Crippen LogP contribution in [-0.4, -0.2) is 52.0 Å². The van der Waals surface area contributed by atoms with E-state index in [9.17, 15) is 9.59 Å². The summed E-state index contributed by atoms with van der Waals surface area (Å²) in [6.45, 7) is 2.23. The van der Waals surface area contributed by atoms with Crippen LogP contribution in [-0.2, 0) is 11.3 Å². The minimum absolute atomic E-state index is 0.285. The lowest BCUT2D eigenvalue weighted by Crippen LogP contribution is -2.43. The lowest BCUT2D eigenvalue weighted by atomic mass is 10.3. The Balaban J connectivity index is 2.62. The smallest absolute Gasteiger partial charge is 0.323 e. The zero-order valence-corrected chi connectivity index (χ0v) is 10.5. The fourth-order valence-electron chi connectivity index (χ4n) is 1.55. The molecule has 0 spiro atoms. The van der Waals surface area contributed by atoms with Crippen LogP contribution in [0.15, 0.2) is 24.5 Å². The second kappa shape index (κ2) is 6.58. The molecule has 0 atom stereocenters. The van der Waals surface area contributed by atoms with Gasteiger partial charge in [0.05, 0.1) is 0 Å². The molecule has 1 aromatic heterocycles. The normalized spacial score (nSPS) is 9.89. The van der Waals surface area contributed by atoms with E-state index in [2.05, 4.69) is 4.98 Å². The van der Waals surface area contributed by atoms with Crippen LogP contribution in [0.3, 0.4) is 0 Å². The zero-order valence-electron chi connectivity index (χ0n) is 10.5. The number of carbonyl (C=O) groups excluding carboxylic acids is 1. The van der Waals surface area contributed by atoms with E-state index >= 15 is 0 Å². The third kappa shape index (κ3) is 4.04. The molecule has 0 aliphatic rings. The number of carboxylic acids is 1. The van der Waals surface area contributed by atoms with Crippen molar-refractivity contribution in [2.24, 2.45) is 0 Å². The SMILES string of the molecule is CCN(CC(=O)O)C(=O)N(C)Cc1cccnc1. The summed E-state index contributed by atoms with van der Waals surface area (Å²) in [5.74, 6) is -1.01. The van der Waals surface area contributed by atoms with Gasteiger partial charge < -0.3 is 14.9 Å². The zero-order chi connectivity index (χ0) is 13.5. The topological polar surface area (TPSA) is 73.7 Å². The predicted molar refractivity (Wildman–Crippen MR) is 66.0 cm³/mol. The Morgan fingerprint density at radius 2 is 2.17 bits per heavy atom. The summed E-state index contributed by atoms with van der Waals surface area (Å²) in [5, 5.41) is 8.71. The number of hydrogen-bond acceptors (Lipinski definition) is 3. The van der Waals surface area contributed by atoms with E-state index in [1.165, 1.54) is 9.80 Å². The lowest BCUT2D eigenvalue weighted by molar-refractivity contribution is -0.137. The minimum atomic E-state index is -1.01. The van der Waals surface area contributed by atoms with Crippen LogP contribution in [0.4, 0.5) is 4.79 Å². The molecule has 18 heavy (non-hydrogen) atoms. The third-order valence-electron chi connectivity index (χ3n) is 2.45. The van der Waals surface area contributed by atoms with Crippen molar-refractivity contribution in [3.8, 4) is 0 Å². The molecule has 0 saturated heterocycles. The molecule has 0 unspecified atom stereocenters. The number of amides is 2. The summed E-state index contributed by atoms with van der Waals surface area (Å²) in [5.41, 5.74) is 0.903. The second-order valence-electron chi connectivity index (χ2n) is 3.91. The van der Waals surface area contributed by atoms with Crippen molar-refractivity contribution in [3.63, 3.8) is 0 Å². The third-order valence-corrected chi connectivity index (χ3v) is 2.45. The Bertz CT molecular complexity index is 408. The van der Waals surface area contributed by atoms with Crippen molar-refractivity contribution in [1.82, 2.24) is 14.8 Å². The first-order valence-corrected chi connectivity index (χ1v) is 5.65. The van der Waals surface area contributed by atoms with Crippen molar-refractivity contribution in [1.29, 1.82) is 0 Å². The maximum Gasteiger partial charge on any atom is 0.323 e. The van der Waals surface area contributed by atoms with E-state index in [-0.39, 0.29) is 12.6 Å². The van der Waals surface area contributed by atoms with Gasteiger partial charge in [0.1, 0.15) is 6.54 Å². The van der Waals surface area contributed by atoms with Crippen molar-refractivity contribution in [2.75, 3.05) is 20.1 Å². The van der Waals surface area contributed by atoms with Crippen LogP contribution in [0.5, 0.6) is 0 Å². The molecule has 0 radical (unpaired) electrons. The summed E-state index contributed by atoms with van der Waals surface area (Å²) in [4.78, 5) is 29.3. The highest BCUT2D eigenvalue weighted by atomic mass is 16.4. The summed E-state index contributed by atoms with van der Waals surface area (Å²) in [6, 6.07) is 3.36. The minimum Gasteiger partial charge on any atom is -0.480 e. The van der Waals surface area contributed by atoms with Gasteiger partial charge in [-0.15, -0.1) is 0 Å². The maximum atomic E-state index is 12.0. The highest BCUT2D eigenvalue weighted by Crippen LogP contribution is 2.04. The predicted octanol–water partition coefficient (Wildman–Crippen LogP) is 1.04. The first-order valence-electron chi connectivity index (χ1n) is 5.65. The Morgan fingerprint density at radius 1 is 1.44 bits per heavy atom. The molecule has 1 aromatic rings. The van der Waals surface area contributed by atoms with Crippen molar-refractivity contribution in [2.45, 2.75) is 13.5 Å². The van der Waals surface area contributed by atoms with Gasteiger partial charge in [-0.05, 0) is 18.6 Å². The summed E-state index contributed by atoms with van der Waals surface area (Å²) >= 11 is 0. The summed E-state index contributed by atoms with van der Waals surface area (Å²) < 4.78 is 0. The highest BCUT2D eigenvalue weighted by molar-refractivity contribution is 5.79. The number of carbonyl (C=O) groups is 2. The van der Waals surface area contributed by atoms with Crippen LogP contribution >= 0.6 is 0 Å². The van der Waals surface area contributed by atoms with Crippen LogP contribution < -0.4 is 0 Å². The number of likely N-dealkylation sites (N-methyl/N-ethyl adjacent to an activating group) is 1. The molecule has 2 amide bonds. The van der Waals surface area contributed by atoms with Gasteiger partial charge in [0.15, 0.2) is 0 Å².